The Morgan fingerprint density at radius 1 is 1.14 bits per heavy atom. The molecule has 0 aliphatic carbocycles. The summed E-state index contributed by atoms with van der Waals surface area (Å²) in [6, 6.07) is 11.7. The standard InChI is InChI=1S/C15H11Cl3N2O2/c16-11-2-1-3-13(6-11)22-9-15(21)20-19-8-10-4-5-12(17)7-14(10)18/h1-8H,9H2,(H,20,21)/b19-8-. The number of ether oxygens (including phenoxy) is 1. The van der Waals surface area contributed by atoms with Gasteiger partial charge in [-0.2, -0.15) is 5.10 Å². The summed E-state index contributed by atoms with van der Waals surface area (Å²) in [6.07, 6.45) is 1.43. The molecule has 0 unspecified atom stereocenters. The van der Waals surface area contributed by atoms with Gasteiger partial charge in [-0.1, -0.05) is 46.9 Å². The third kappa shape index (κ3) is 5.22. The molecule has 0 atom stereocenters. The molecule has 0 aliphatic heterocycles. The number of hydrazone groups is 1. The molecular weight excluding hydrogens is 347 g/mol. The molecule has 0 heterocycles. The average molecular weight is 358 g/mol. The Balaban J connectivity index is 1.83. The van der Waals surface area contributed by atoms with Crippen molar-refractivity contribution < 1.29 is 9.53 Å². The number of amides is 1. The van der Waals surface area contributed by atoms with Crippen LogP contribution in [-0.4, -0.2) is 18.7 Å². The first-order valence-corrected chi connectivity index (χ1v) is 7.33. The molecule has 0 saturated carbocycles. The quantitative estimate of drug-likeness (QED) is 0.645. The van der Waals surface area contributed by atoms with Crippen LogP contribution in [0.5, 0.6) is 5.75 Å². The molecule has 1 N–H and O–H groups in total. The minimum atomic E-state index is -0.402. The normalized spacial score (nSPS) is 10.7. The van der Waals surface area contributed by atoms with E-state index in [0.717, 1.165) is 0 Å². The lowest BCUT2D eigenvalue weighted by atomic mass is 10.2. The van der Waals surface area contributed by atoms with Crippen LogP contribution in [0.2, 0.25) is 15.1 Å². The Morgan fingerprint density at radius 2 is 1.91 bits per heavy atom. The van der Waals surface area contributed by atoms with Gasteiger partial charge in [-0.25, -0.2) is 5.43 Å². The third-order valence-corrected chi connectivity index (χ3v) is 3.32. The zero-order valence-electron chi connectivity index (χ0n) is 11.2. The largest absolute Gasteiger partial charge is 0.484 e. The van der Waals surface area contributed by atoms with E-state index < -0.39 is 5.91 Å². The topological polar surface area (TPSA) is 50.7 Å². The van der Waals surface area contributed by atoms with Crippen LogP contribution in [0.1, 0.15) is 5.56 Å². The van der Waals surface area contributed by atoms with Crippen molar-refractivity contribution in [2.24, 2.45) is 5.10 Å². The Morgan fingerprint density at radius 3 is 2.64 bits per heavy atom. The van der Waals surface area contributed by atoms with E-state index in [1.165, 1.54) is 6.21 Å². The van der Waals surface area contributed by atoms with Crippen LogP contribution in [0, 0.1) is 0 Å². The average Bonchev–Trinajstić information content (AvgIpc) is 2.47. The lowest BCUT2D eigenvalue weighted by molar-refractivity contribution is -0.123. The minimum Gasteiger partial charge on any atom is -0.484 e. The Labute approximate surface area is 142 Å². The molecule has 4 nitrogen and oxygen atoms in total. The van der Waals surface area contributed by atoms with E-state index in [2.05, 4.69) is 10.5 Å². The number of halogens is 3. The van der Waals surface area contributed by atoms with Crippen molar-refractivity contribution in [2.45, 2.75) is 0 Å². The van der Waals surface area contributed by atoms with Crippen LogP contribution in [0.25, 0.3) is 0 Å². The fourth-order valence-electron chi connectivity index (χ4n) is 1.52. The number of carbonyl (C=O) groups excluding carboxylic acids is 1. The maximum atomic E-state index is 11.6. The molecule has 114 valence electrons. The van der Waals surface area contributed by atoms with Crippen molar-refractivity contribution in [3.05, 3.63) is 63.1 Å². The van der Waals surface area contributed by atoms with Crippen LogP contribution in [0.15, 0.2) is 47.6 Å². The second-order valence-corrected chi connectivity index (χ2v) is 5.49. The minimum absolute atomic E-state index is 0.175. The van der Waals surface area contributed by atoms with Crippen LogP contribution >= 0.6 is 34.8 Å². The Bertz CT molecular complexity index is 705. The SMILES string of the molecule is O=C(COc1cccc(Cl)c1)N/N=C\c1ccc(Cl)cc1Cl. The number of carbonyl (C=O) groups is 1. The predicted octanol–water partition coefficient (Wildman–Crippen LogP) is 4.18. The number of benzene rings is 2. The number of rotatable bonds is 5. The molecule has 22 heavy (non-hydrogen) atoms. The highest BCUT2D eigenvalue weighted by atomic mass is 35.5. The number of nitrogens with zero attached hydrogens (tertiary/aromatic N) is 1. The monoisotopic (exact) mass is 356 g/mol. The predicted molar refractivity (Wildman–Crippen MR) is 89.1 cm³/mol. The van der Waals surface area contributed by atoms with E-state index >= 15 is 0 Å². The molecule has 0 saturated heterocycles. The molecule has 0 radical (unpaired) electrons. The van der Waals surface area contributed by atoms with Gasteiger partial charge in [0.25, 0.3) is 5.91 Å². The van der Waals surface area contributed by atoms with Gasteiger partial charge in [0.15, 0.2) is 6.61 Å². The van der Waals surface area contributed by atoms with Gasteiger partial charge in [0.1, 0.15) is 5.75 Å². The third-order valence-electron chi connectivity index (χ3n) is 2.52. The van der Waals surface area contributed by atoms with E-state index in [-0.39, 0.29) is 6.61 Å². The molecule has 1 amide bonds. The molecule has 0 spiro atoms. The second-order valence-electron chi connectivity index (χ2n) is 4.21. The van der Waals surface area contributed by atoms with E-state index in [4.69, 9.17) is 39.5 Å². The Kier molecular flexibility index (Phi) is 6.07. The van der Waals surface area contributed by atoms with Gasteiger partial charge in [0.2, 0.25) is 0 Å². The van der Waals surface area contributed by atoms with Crippen molar-refractivity contribution in [2.75, 3.05) is 6.61 Å². The van der Waals surface area contributed by atoms with Crippen molar-refractivity contribution in [1.82, 2.24) is 5.43 Å². The van der Waals surface area contributed by atoms with Crippen molar-refractivity contribution in [3.8, 4) is 5.75 Å². The molecule has 0 fully saturated rings. The van der Waals surface area contributed by atoms with Gasteiger partial charge in [-0.05, 0) is 30.3 Å². The summed E-state index contributed by atoms with van der Waals surface area (Å²) in [6.45, 7) is -0.175. The van der Waals surface area contributed by atoms with Crippen LogP contribution in [0.4, 0.5) is 0 Å². The molecule has 2 rings (SSSR count). The van der Waals surface area contributed by atoms with Crippen LogP contribution < -0.4 is 10.2 Å². The summed E-state index contributed by atoms with van der Waals surface area (Å²) in [7, 11) is 0. The van der Waals surface area contributed by atoms with Crippen molar-refractivity contribution in [1.29, 1.82) is 0 Å². The summed E-state index contributed by atoms with van der Waals surface area (Å²) >= 11 is 17.6. The maximum absolute atomic E-state index is 11.6. The van der Waals surface area contributed by atoms with E-state index in [1.807, 2.05) is 0 Å². The van der Waals surface area contributed by atoms with E-state index in [0.29, 0.717) is 26.4 Å². The molecule has 7 heteroatoms. The molecule has 0 aliphatic rings. The first-order valence-electron chi connectivity index (χ1n) is 6.20. The Hall–Kier alpha value is -1.75. The highest BCUT2D eigenvalue weighted by molar-refractivity contribution is 6.36. The zero-order valence-corrected chi connectivity index (χ0v) is 13.5. The number of hydrogen-bond donors (Lipinski definition) is 1. The lowest BCUT2D eigenvalue weighted by Crippen LogP contribution is -2.24. The zero-order chi connectivity index (χ0) is 15.9. The molecular formula is C15H11Cl3N2O2. The highest BCUT2D eigenvalue weighted by Crippen LogP contribution is 2.19. The van der Waals surface area contributed by atoms with Crippen LogP contribution in [0.3, 0.4) is 0 Å². The summed E-state index contributed by atoms with van der Waals surface area (Å²) in [5.74, 6) is 0.105. The van der Waals surface area contributed by atoms with Gasteiger partial charge in [-0.15, -0.1) is 0 Å². The summed E-state index contributed by atoms with van der Waals surface area (Å²) in [5.41, 5.74) is 2.98. The fraction of sp³-hybridized carbons (Fsp3) is 0.0667. The highest BCUT2D eigenvalue weighted by Gasteiger charge is 2.02. The molecule has 0 aromatic heterocycles. The van der Waals surface area contributed by atoms with E-state index in [9.17, 15) is 4.79 Å². The first kappa shape index (κ1) is 16.6. The number of nitrogens with one attached hydrogen (secondary N) is 1. The second kappa shape index (κ2) is 8.03. The van der Waals surface area contributed by atoms with Crippen LogP contribution in [-0.2, 0) is 4.79 Å². The van der Waals surface area contributed by atoms with Gasteiger partial charge in [0, 0.05) is 15.6 Å². The molecule has 0 bridgehead atoms. The number of hydrogen-bond acceptors (Lipinski definition) is 3. The van der Waals surface area contributed by atoms with Gasteiger partial charge < -0.3 is 4.74 Å². The summed E-state index contributed by atoms with van der Waals surface area (Å²) in [4.78, 5) is 11.6. The summed E-state index contributed by atoms with van der Waals surface area (Å²) < 4.78 is 5.28. The van der Waals surface area contributed by atoms with Gasteiger partial charge >= 0.3 is 0 Å². The van der Waals surface area contributed by atoms with Crippen molar-refractivity contribution in [3.63, 3.8) is 0 Å². The molecule has 2 aromatic rings. The van der Waals surface area contributed by atoms with E-state index in [1.54, 1.807) is 42.5 Å². The molecule has 2 aromatic carbocycles. The first-order chi connectivity index (χ1) is 10.5. The smallest absolute Gasteiger partial charge is 0.277 e. The summed E-state index contributed by atoms with van der Waals surface area (Å²) in [5, 5.41) is 5.31. The lowest BCUT2D eigenvalue weighted by Gasteiger charge is -2.05. The van der Waals surface area contributed by atoms with Crippen molar-refractivity contribution >= 4 is 46.9 Å². The van der Waals surface area contributed by atoms with Gasteiger partial charge in [-0.3, -0.25) is 4.79 Å². The fourth-order valence-corrected chi connectivity index (χ4v) is 2.16. The van der Waals surface area contributed by atoms with Gasteiger partial charge in [0.05, 0.1) is 11.2 Å². The maximum Gasteiger partial charge on any atom is 0.277 e.